The van der Waals surface area contributed by atoms with E-state index in [0.29, 0.717) is 21.9 Å². The SMILES string of the molecule is C1CSCCN1.FC(F)(F)c1ccc(Br)c(N2CCSCC2)c1.Fc1cc(C(F)(F)F)ccc1Br.O=S1(=O)CCN(c2cc(C(F)(F)F)ccc2Br)CC1. The fraction of sp³-hybridized carbons (Fsp3) is 0.455. The van der Waals surface area contributed by atoms with Crippen LogP contribution in [0.5, 0.6) is 0 Å². The summed E-state index contributed by atoms with van der Waals surface area (Å²) in [6.07, 6.45) is -13.2. The summed E-state index contributed by atoms with van der Waals surface area (Å²) in [7, 11) is -3.05. The van der Waals surface area contributed by atoms with Crippen molar-refractivity contribution in [3.8, 4) is 0 Å². The first kappa shape index (κ1) is 47.0. The van der Waals surface area contributed by atoms with E-state index < -0.39 is 50.9 Å². The number of thioether (sulfide) groups is 2. The molecule has 0 aromatic heterocycles. The summed E-state index contributed by atoms with van der Waals surface area (Å²) in [5, 5.41) is 3.26. The molecule has 3 aromatic carbocycles. The van der Waals surface area contributed by atoms with Crippen LogP contribution < -0.4 is 15.1 Å². The van der Waals surface area contributed by atoms with Gasteiger partial charge in [0.1, 0.15) is 5.82 Å². The Balaban J connectivity index is 0.000000206. The van der Waals surface area contributed by atoms with E-state index >= 15 is 0 Å². The van der Waals surface area contributed by atoms with Gasteiger partial charge in [0.25, 0.3) is 0 Å². The number of rotatable bonds is 2. The third kappa shape index (κ3) is 15.5. The molecule has 0 radical (unpaired) electrons. The van der Waals surface area contributed by atoms with Gasteiger partial charge in [0.15, 0.2) is 9.84 Å². The van der Waals surface area contributed by atoms with E-state index in [1.54, 1.807) is 4.90 Å². The lowest BCUT2D eigenvalue weighted by Gasteiger charge is -2.30. The molecule has 0 spiro atoms. The molecule has 0 amide bonds. The van der Waals surface area contributed by atoms with Gasteiger partial charge in [0, 0.05) is 71.2 Å². The number of nitrogens with zero attached hydrogens (tertiary/aromatic N) is 2. The Morgan fingerprint density at radius 2 is 0.926 bits per heavy atom. The summed E-state index contributed by atoms with van der Waals surface area (Å²) >= 11 is 13.1. The quantitative estimate of drug-likeness (QED) is 0.257. The summed E-state index contributed by atoms with van der Waals surface area (Å²) in [4.78, 5) is 3.65. The zero-order valence-electron chi connectivity index (χ0n) is 28.0. The van der Waals surface area contributed by atoms with Gasteiger partial charge in [-0.15, -0.1) is 0 Å². The van der Waals surface area contributed by atoms with Crippen molar-refractivity contribution < 1.29 is 52.3 Å². The fourth-order valence-corrected chi connectivity index (χ4v) is 8.94. The second-order valence-corrected chi connectivity index (χ2v) is 18.9. The minimum absolute atomic E-state index is 0.0236. The number of hydrogen-bond donors (Lipinski definition) is 1. The Kier molecular flexibility index (Phi) is 18.1. The van der Waals surface area contributed by atoms with Crippen LogP contribution in [0.25, 0.3) is 0 Å². The second kappa shape index (κ2) is 20.9. The molecular formula is C33H34Br3F10N3O2S3. The third-order valence-electron chi connectivity index (χ3n) is 7.68. The number of anilines is 2. The van der Waals surface area contributed by atoms with Gasteiger partial charge in [-0.2, -0.15) is 63.0 Å². The van der Waals surface area contributed by atoms with E-state index in [4.69, 9.17) is 0 Å². The molecule has 3 heterocycles. The highest BCUT2D eigenvalue weighted by molar-refractivity contribution is 9.11. The predicted octanol–water partition coefficient (Wildman–Crippen LogP) is 10.7. The molecule has 1 N–H and O–H groups in total. The van der Waals surface area contributed by atoms with Crippen LogP contribution >= 0.6 is 71.3 Å². The number of hydrogen-bond acceptors (Lipinski definition) is 7. The first-order valence-corrected chi connectivity index (χ1v) is 22.4. The Labute approximate surface area is 340 Å². The Morgan fingerprint density at radius 3 is 1.28 bits per heavy atom. The highest BCUT2D eigenvalue weighted by Gasteiger charge is 2.33. The molecule has 3 aliphatic rings. The van der Waals surface area contributed by atoms with Crippen molar-refractivity contribution in [3.05, 3.63) is 90.5 Å². The van der Waals surface area contributed by atoms with Crippen molar-refractivity contribution in [1.82, 2.24) is 5.32 Å². The Bertz CT molecular complexity index is 1750. The van der Waals surface area contributed by atoms with E-state index in [9.17, 15) is 52.3 Å². The van der Waals surface area contributed by atoms with Crippen LogP contribution in [0.3, 0.4) is 0 Å². The molecule has 302 valence electrons. The van der Waals surface area contributed by atoms with Gasteiger partial charge in [-0.3, -0.25) is 0 Å². The number of nitrogens with one attached hydrogen (secondary N) is 1. The molecule has 54 heavy (non-hydrogen) atoms. The summed E-state index contributed by atoms with van der Waals surface area (Å²) in [5.74, 6) is 3.56. The van der Waals surface area contributed by atoms with Gasteiger partial charge < -0.3 is 15.1 Å². The monoisotopic (exact) mass is 1030 g/mol. The van der Waals surface area contributed by atoms with Gasteiger partial charge in [-0.1, -0.05) is 0 Å². The highest BCUT2D eigenvalue weighted by Crippen LogP contribution is 2.37. The van der Waals surface area contributed by atoms with Gasteiger partial charge >= 0.3 is 18.5 Å². The van der Waals surface area contributed by atoms with E-state index in [2.05, 4.69) is 53.1 Å². The Hall–Kier alpha value is -1.39. The lowest BCUT2D eigenvalue weighted by atomic mass is 10.2. The van der Waals surface area contributed by atoms with Crippen LogP contribution in [0, 0.1) is 5.82 Å². The molecule has 3 saturated heterocycles. The Morgan fingerprint density at radius 1 is 0.556 bits per heavy atom. The van der Waals surface area contributed by atoms with E-state index in [1.165, 1.54) is 42.8 Å². The average molecular weight is 1030 g/mol. The lowest BCUT2D eigenvalue weighted by Crippen LogP contribution is -2.40. The van der Waals surface area contributed by atoms with E-state index in [1.807, 2.05) is 28.4 Å². The maximum absolute atomic E-state index is 12.7. The number of sulfone groups is 1. The molecule has 21 heteroatoms. The third-order valence-corrected chi connectivity index (χ3v) is 13.2. The predicted molar refractivity (Wildman–Crippen MR) is 208 cm³/mol. The van der Waals surface area contributed by atoms with Crippen LogP contribution in [0.15, 0.2) is 68.0 Å². The first-order chi connectivity index (χ1) is 25.1. The minimum atomic E-state index is -4.48. The molecular weight excluding hydrogens is 996 g/mol. The fourth-order valence-electron chi connectivity index (χ4n) is 4.81. The topological polar surface area (TPSA) is 52.7 Å². The van der Waals surface area contributed by atoms with Crippen molar-refractivity contribution in [2.75, 3.05) is 83.6 Å². The molecule has 3 fully saturated rings. The van der Waals surface area contributed by atoms with Gasteiger partial charge in [-0.05, 0) is 102 Å². The average Bonchev–Trinajstić information content (AvgIpc) is 3.10. The zero-order chi connectivity index (χ0) is 40.3. The molecule has 6 rings (SSSR count). The maximum Gasteiger partial charge on any atom is 0.416 e. The normalized spacial score (nSPS) is 17.6. The summed E-state index contributed by atoms with van der Waals surface area (Å²) in [6, 6.07) is 9.46. The van der Waals surface area contributed by atoms with E-state index in [-0.39, 0.29) is 29.1 Å². The maximum atomic E-state index is 12.7. The van der Waals surface area contributed by atoms with Crippen LogP contribution in [-0.4, -0.2) is 82.2 Å². The highest BCUT2D eigenvalue weighted by atomic mass is 79.9. The summed E-state index contributed by atoms with van der Waals surface area (Å²) in [5.41, 5.74) is -1.29. The van der Waals surface area contributed by atoms with Crippen molar-refractivity contribution in [1.29, 1.82) is 0 Å². The van der Waals surface area contributed by atoms with Gasteiger partial charge in [-0.25, -0.2) is 12.8 Å². The van der Waals surface area contributed by atoms with E-state index in [0.717, 1.165) is 59.4 Å². The van der Waals surface area contributed by atoms with Crippen LogP contribution in [0.4, 0.5) is 55.3 Å². The second-order valence-electron chi connectivity index (χ2n) is 11.6. The van der Waals surface area contributed by atoms with Gasteiger partial charge in [0.05, 0.1) is 44.0 Å². The minimum Gasteiger partial charge on any atom is -0.369 e. The zero-order valence-corrected chi connectivity index (χ0v) is 35.2. The molecule has 0 unspecified atom stereocenters. The van der Waals surface area contributed by atoms with Crippen LogP contribution in [0.1, 0.15) is 16.7 Å². The van der Waals surface area contributed by atoms with Crippen molar-refractivity contribution >= 4 is 92.5 Å². The molecule has 0 bridgehead atoms. The molecule has 3 aliphatic heterocycles. The van der Waals surface area contributed by atoms with Crippen molar-refractivity contribution in [3.63, 3.8) is 0 Å². The smallest absolute Gasteiger partial charge is 0.369 e. The number of halogens is 13. The van der Waals surface area contributed by atoms with Crippen molar-refractivity contribution in [2.24, 2.45) is 0 Å². The van der Waals surface area contributed by atoms with Crippen LogP contribution in [0.2, 0.25) is 0 Å². The molecule has 0 saturated carbocycles. The summed E-state index contributed by atoms with van der Waals surface area (Å²) in [6.45, 7) is 4.44. The summed E-state index contributed by atoms with van der Waals surface area (Å²) < 4.78 is 148. The molecule has 5 nitrogen and oxygen atoms in total. The van der Waals surface area contributed by atoms with Crippen molar-refractivity contribution in [2.45, 2.75) is 18.5 Å². The van der Waals surface area contributed by atoms with Gasteiger partial charge in [0.2, 0.25) is 0 Å². The number of alkyl halides is 9. The lowest BCUT2D eigenvalue weighted by molar-refractivity contribution is -0.138. The largest absolute Gasteiger partial charge is 0.416 e. The van der Waals surface area contributed by atoms with Crippen LogP contribution in [-0.2, 0) is 28.4 Å². The molecule has 0 aliphatic carbocycles. The first-order valence-electron chi connectivity index (χ1n) is 15.9. The molecule has 0 atom stereocenters. The molecule has 3 aromatic rings. The number of benzene rings is 3. The standard InChI is InChI=1S/C11H11BrF3NO2S.C11H11BrF3NS.C7H3BrF4.C4H9NS/c12-9-2-1-8(11(13,14)15)7-10(9)16-3-5-19(17,18)6-4-16;12-9-2-1-8(11(13,14)15)7-10(9)16-3-5-17-6-4-16;8-5-2-1-4(3-6(5)9)7(10,11)12;1-3-6-4-2-5-1/h1-2,7H,3-6H2;1-2,7H,3-6H2;1-3H;5H,1-4H2.